The zero-order valence-corrected chi connectivity index (χ0v) is 16.8. The molecule has 2 fully saturated rings. The minimum Gasteiger partial charge on any atom is -0.322 e. The van der Waals surface area contributed by atoms with Crippen molar-refractivity contribution in [2.45, 2.75) is 57.7 Å². The summed E-state index contributed by atoms with van der Waals surface area (Å²) in [5, 5.41) is 9.32. The third-order valence-corrected chi connectivity index (χ3v) is 6.35. The molecule has 0 bridgehead atoms. The quantitative estimate of drug-likeness (QED) is 0.497. The van der Waals surface area contributed by atoms with Crippen molar-refractivity contribution in [3.63, 3.8) is 0 Å². The molecule has 2 unspecified atom stereocenters. The highest BCUT2D eigenvalue weighted by atomic mass is 16.2. The van der Waals surface area contributed by atoms with Crippen LogP contribution in [0.2, 0.25) is 0 Å². The van der Waals surface area contributed by atoms with E-state index in [-0.39, 0.29) is 24.1 Å². The van der Waals surface area contributed by atoms with Crippen molar-refractivity contribution in [3.8, 4) is 0 Å². The first kappa shape index (κ1) is 20.0. The number of nitrogens with one attached hydrogen (secondary N) is 3. The van der Waals surface area contributed by atoms with Gasteiger partial charge in [-0.05, 0) is 74.8 Å². The van der Waals surface area contributed by atoms with Crippen molar-refractivity contribution < 1.29 is 14.4 Å². The van der Waals surface area contributed by atoms with E-state index in [2.05, 4.69) is 22.0 Å². The lowest BCUT2D eigenvalue weighted by molar-refractivity contribution is -0.136. The summed E-state index contributed by atoms with van der Waals surface area (Å²) in [4.78, 5) is 38.0. The van der Waals surface area contributed by atoms with Crippen molar-refractivity contribution in [3.05, 3.63) is 34.9 Å². The van der Waals surface area contributed by atoms with Crippen molar-refractivity contribution in [1.82, 2.24) is 20.9 Å². The maximum atomic E-state index is 12.9. The molecule has 3 aliphatic rings. The highest BCUT2D eigenvalue weighted by molar-refractivity contribution is 6.05. The molecule has 3 aliphatic heterocycles. The molecule has 4 rings (SSSR count). The van der Waals surface area contributed by atoms with E-state index in [4.69, 9.17) is 0 Å². The molecule has 2 atom stereocenters. The van der Waals surface area contributed by atoms with Gasteiger partial charge in [0, 0.05) is 25.1 Å². The number of amides is 3. The maximum absolute atomic E-state index is 12.9. The number of piperidine rings is 1. The minimum absolute atomic E-state index is 0.109. The number of hydrogen-bond donors (Lipinski definition) is 3. The van der Waals surface area contributed by atoms with Crippen LogP contribution in [0, 0.1) is 5.92 Å². The van der Waals surface area contributed by atoms with E-state index < -0.39 is 6.04 Å². The molecule has 7 heteroatoms. The maximum Gasteiger partial charge on any atom is 0.255 e. The van der Waals surface area contributed by atoms with Gasteiger partial charge in [0.1, 0.15) is 6.04 Å². The lowest BCUT2D eigenvalue weighted by atomic mass is 9.97. The largest absolute Gasteiger partial charge is 0.322 e. The molecule has 7 nitrogen and oxygen atoms in total. The zero-order chi connectivity index (χ0) is 20.2. The van der Waals surface area contributed by atoms with Gasteiger partial charge in [0.15, 0.2) is 0 Å². The van der Waals surface area contributed by atoms with Crippen molar-refractivity contribution >= 4 is 17.7 Å². The second-order valence-corrected chi connectivity index (χ2v) is 8.40. The molecule has 3 amide bonds. The Morgan fingerprint density at radius 3 is 2.86 bits per heavy atom. The highest BCUT2D eigenvalue weighted by Crippen LogP contribution is 2.28. The van der Waals surface area contributed by atoms with Crippen molar-refractivity contribution in [2.24, 2.45) is 5.92 Å². The molecule has 29 heavy (non-hydrogen) atoms. The summed E-state index contributed by atoms with van der Waals surface area (Å²) in [5.41, 5.74) is 2.73. The van der Waals surface area contributed by atoms with Crippen LogP contribution >= 0.6 is 0 Å². The fraction of sp³-hybridized carbons (Fsp3) is 0.591. The lowest BCUT2D eigenvalue weighted by Gasteiger charge is -2.29. The average Bonchev–Trinajstić information content (AvgIpc) is 2.87. The number of nitrogens with zero attached hydrogens (tertiary/aromatic N) is 1. The van der Waals surface area contributed by atoms with Gasteiger partial charge < -0.3 is 15.5 Å². The van der Waals surface area contributed by atoms with E-state index in [1.807, 2.05) is 12.1 Å². The Kier molecular flexibility index (Phi) is 6.25. The van der Waals surface area contributed by atoms with Crippen LogP contribution in [0.15, 0.2) is 18.2 Å². The van der Waals surface area contributed by atoms with Crippen LogP contribution in [-0.4, -0.2) is 48.3 Å². The molecule has 3 heterocycles. The number of rotatable bonds is 6. The first-order valence-electron chi connectivity index (χ1n) is 10.8. The summed E-state index contributed by atoms with van der Waals surface area (Å²) in [7, 11) is 0. The van der Waals surface area contributed by atoms with Gasteiger partial charge in [-0.3, -0.25) is 19.7 Å². The third-order valence-electron chi connectivity index (χ3n) is 6.35. The zero-order valence-electron chi connectivity index (χ0n) is 16.8. The molecule has 3 N–H and O–H groups in total. The van der Waals surface area contributed by atoms with Crippen molar-refractivity contribution in [2.75, 3.05) is 19.6 Å². The van der Waals surface area contributed by atoms with Crippen molar-refractivity contribution in [1.29, 1.82) is 0 Å². The summed E-state index contributed by atoms with van der Waals surface area (Å²) >= 11 is 0. The molecule has 0 spiro atoms. The first-order valence-corrected chi connectivity index (χ1v) is 10.8. The fourth-order valence-corrected chi connectivity index (χ4v) is 4.63. The number of benzene rings is 1. The fourth-order valence-electron chi connectivity index (χ4n) is 4.63. The summed E-state index contributed by atoms with van der Waals surface area (Å²) in [6.45, 7) is 4.43. The SMILES string of the molecule is O=C1CCC(N2Cc3ccc(CNCCC4CCCNCC4)cc3C2=O)C(=O)N1. The van der Waals surface area contributed by atoms with Crippen LogP contribution in [0.4, 0.5) is 0 Å². The number of hydrogen-bond acceptors (Lipinski definition) is 5. The Labute approximate surface area is 171 Å². The standard InChI is InChI=1S/C22H30N4O3/c27-20-6-5-19(21(28)25-20)26-14-17-4-3-16(12-18(17)22(26)29)13-24-11-8-15-2-1-9-23-10-7-15/h3-4,12,15,19,23-24H,1-2,5-11,13-14H2,(H,25,27,28). The molecule has 1 aromatic carbocycles. The summed E-state index contributed by atoms with van der Waals surface area (Å²) in [6, 6.07) is 5.45. The minimum atomic E-state index is -0.553. The Morgan fingerprint density at radius 1 is 1.10 bits per heavy atom. The Hall–Kier alpha value is -2.25. The average molecular weight is 399 g/mol. The second-order valence-electron chi connectivity index (χ2n) is 8.40. The Morgan fingerprint density at radius 2 is 2.00 bits per heavy atom. The number of fused-ring (bicyclic) bond motifs is 1. The van der Waals surface area contributed by atoms with Gasteiger partial charge in [0.2, 0.25) is 11.8 Å². The van der Waals surface area contributed by atoms with Gasteiger partial charge in [-0.25, -0.2) is 0 Å². The molecule has 0 aromatic heterocycles. The predicted molar refractivity (Wildman–Crippen MR) is 109 cm³/mol. The van der Waals surface area contributed by atoms with E-state index in [1.165, 1.54) is 25.7 Å². The van der Waals surface area contributed by atoms with E-state index >= 15 is 0 Å². The van der Waals surface area contributed by atoms with Gasteiger partial charge in [-0.15, -0.1) is 0 Å². The molecule has 0 saturated carbocycles. The summed E-state index contributed by atoms with van der Waals surface area (Å²) < 4.78 is 0. The molecule has 2 saturated heterocycles. The smallest absolute Gasteiger partial charge is 0.255 e. The van der Waals surface area contributed by atoms with E-state index in [1.54, 1.807) is 4.90 Å². The van der Waals surface area contributed by atoms with E-state index in [0.717, 1.165) is 43.2 Å². The van der Waals surface area contributed by atoms with Crippen LogP contribution in [0.5, 0.6) is 0 Å². The van der Waals surface area contributed by atoms with Crippen LogP contribution in [0.1, 0.15) is 60.0 Å². The summed E-state index contributed by atoms with van der Waals surface area (Å²) in [5.74, 6) is 0.0605. The highest BCUT2D eigenvalue weighted by Gasteiger charge is 2.39. The molecule has 156 valence electrons. The van der Waals surface area contributed by atoms with E-state index in [9.17, 15) is 14.4 Å². The number of carbonyl (C=O) groups is 3. The Balaban J connectivity index is 1.31. The molecule has 0 radical (unpaired) electrons. The van der Waals surface area contributed by atoms with Crippen LogP contribution < -0.4 is 16.0 Å². The van der Waals surface area contributed by atoms with Gasteiger partial charge in [0.05, 0.1) is 0 Å². The van der Waals surface area contributed by atoms with Gasteiger partial charge >= 0.3 is 0 Å². The normalized spacial score (nSPS) is 25.0. The Bertz CT molecular complexity index is 786. The topological polar surface area (TPSA) is 90.5 Å². The van der Waals surface area contributed by atoms with Crippen LogP contribution in [0.3, 0.4) is 0 Å². The van der Waals surface area contributed by atoms with E-state index in [0.29, 0.717) is 18.5 Å². The molecule has 0 aliphatic carbocycles. The monoisotopic (exact) mass is 398 g/mol. The number of carbonyl (C=O) groups excluding carboxylic acids is 3. The molecular formula is C22H30N4O3. The van der Waals surface area contributed by atoms with Crippen LogP contribution in [0.25, 0.3) is 0 Å². The first-order chi connectivity index (χ1) is 14.1. The molecular weight excluding hydrogens is 368 g/mol. The summed E-state index contributed by atoms with van der Waals surface area (Å²) in [6.07, 6.45) is 5.69. The second kappa shape index (κ2) is 9.05. The van der Waals surface area contributed by atoms with Crippen LogP contribution in [-0.2, 0) is 22.7 Å². The van der Waals surface area contributed by atoms with Gasteiger partial charge in [0.25, 0.3) is 5.91 Å². The molecule has 1 aromatic rings. The number of imide groups is 1. The third kappa shape index (κ3) is 4.67. The predicted octanol–water partition coefficient (Wildman–Crippen LogP) is 1.32. The lowest BCUT2D eigenvalue weighted by Crippen LogP contribution is -2.52. The van der Waals surface area contributed by atoms with Gasteiger partial charge in [-0.2, -0.15) is 0 Å². The van der Waals surface area contributed by atoms with Gasteiger partial charge in [-0.1, -0.05) is 12.1 Å².